The van der Waals surface area contributed by atoms with Crippen LogP contribution in [0.25, 0.3) is 22.5 Å². The number of rotatable bonds is 5. The van der Waals surface area contributed by atoms with E-state index in [0.717, 1.165) is 14.7 Å². The molecule has 160 valence electrons. The summed E-state index contributed by atoms with van der Waals surface area (Å²) in [5.74, 6) is -0.563. The van der Waals surface area contributed by atoms with Crippen LogP contribution >= 0.6 is 11.3 Å². The third-order valence-corrected chi connectivity index (χ3v) is 7.58. The van der Waals surface area contributed by atoms with Gasteiger partial charge in [-0.2, -0.15) is 10.2 Å². The Morgan fingerprint density at radius 3 is 2.66 bits per heavy atom. The number of amides is 1. The zero-order valence-electron chi connectivity index (χ0n) is 16.6. The highest BCUT2D eigenvalue weighted by molar-refractivity contribution is 7.93. The molecule has 0 atom stereocenters. The van der Waals surface area contributed by atoms with Crippen molar-refractivity contribution >= 4 is 39.2 Å². The van der Waals surface area contributed by atoms with Crippen LogP contribution in [0.1, 0.15) is 4.88 Å². The maximum atomic E-state index is 13.5. The Labute approximate surface area is 188 Å². The summed E-state index contributed by atoms with van der Waals surface area (Å²) in [5.41, 5.74) is 5.01. The lowest BCUT2D eigenvalue weighted by Crippen LogP contribution is -2.41. The highest BCUT2D eigenvalue weighted by Gasteiger charge is 2.39. The van der Waals surface area contributed by atoms with Crippen molar-refractivity contribution in [2.45, 2.75) is 4.90 Å². The number of hydrogen-bond acceptors (Lipinski definition) is 6. The number of fused-ring (bicyclic) bond motifs is 3. The van der Waals surface area contributed by atoms with E-state index in [1.807, 2.05) is 47.8 Å². The van der Waals surface area contributed by atoms with E-state index in [4.69, 9.17) is 0 Å². The van der Waals surface area contributed by atoms with Crippen LogP contribution in [0.4, 0.5) is 5.69 Å². The number of hydrazone groups is 1. The second-order valence-corrected chi connectivity index (χ2v) is 9.79. The number of thiophene rings is 1. The van der Waals surface area contributed by atoms with E-state index < -0.39 is 22.5 Å². The molecule has 1 amide bonds. The minimum absolute atomic E-state index is 0.116. The minimum atomic E-state index is -4.00. The molecule has 0 aliphatic carbocycles. The first-order valence-electron chi connectivity index (χ1n) is 9.67. The van der Waals surface area contributed by atoms with Gasteiger partial charge in [0.05, 0.1) is 16.8 Å². The highest BCUT2D eigenvalue weighted by Crippen LogP contribution is 2.46. The highest BCUT2D eigenvalue weighted by atomic mass is 32.2. The molecule has 3 heterocycles. The summed E-state index contributed by atoms with van der Waals surface area (Å²) in [6.45, 7) is -0.440. The predicted octanol–water partition coefficient (Wildman–Crippen LogP) is 3.46. The lowest BCUT2D eigenvalue weighted by molar-refractivity contribution is -0.119. The zero-order valence-corrected chi connectivity index (χ0v) is 18.2. The molecule has 0 spiro atoms. The minimum Gasteiger partial charge on any atom is -0.275 e. The van der Waals surface area contributed by atoms with Crippen molar-refractivity contribution in [3.05, 3.63) is 77.0 Å². The molecule has 0 unspecified atom stereocenters. The number of benzene rings is 2. The van der Waals surface area contributed by atoms with Crippen LogP contribution < -0.4 is 9.73 Å². The largest absolute Gasteiger partial charge is 0.275 e. The summed E-state index contributed by atoms with van der Waals surface area (Å²) in [4.78, 5) is 13.6. The van der Waals surface area contributed by atoms with E-state index in [2.05, 4.69) is 20.7 Å². The fraction of sp³-hybridized carbons (Fsp3) is 0.0455. The van der Waals surface area contributed by atoms with E-state index in [1.54, 1.807) is 18.2 Å². The van der Waals surface area contributed by atoms with E-state index in [1.165, 1.54) is 23.6 Å². The van der Waals surface area contributed by atoms with Gasteiger partial charge in [-0.3, -0.25) is 14.2 Å². The third-order valence-electron chi connectivity index (χ3n) is 4.97. The molecular formula is C22H17N5O3S2. The van der Waals surface area contributed by atoms with Gasteiger partial charge >= 0.3 is 0 Å². The second kappa shape index (κ2) is 8.06. The van der Waals surface area contributed by atoms with Gasteiger partial charge in [-0.15, -0.1) is 11.3 Å². The fourth-order valence-corrected chi connectivity index (χ4v) is 5.79. The second-order valence-electron chi connectivity index (χ2n) is 6.98. The van der Waals surface area contributed by atoms with Crippen LogP contribution in [-0.2, 0) is 14.8 Å². The molecule has 0 saturated heterocycles. The van der Waals surface area contributed by atoms with Crippen LogP contribution in [0, 0.1) is 0 Å². The standard InChI is InChI=1S/C22H17N5O3S2/c28-19(24-23-13-16-9-6-12-31-16)14-27-22-20(15-7-2-1-3-8-15)25-26-21(22)17-10-4-5-11-18(17)32(27,29)30/h1-13H,14H2,(H,24,28)(H,25,26). The molecule has 0 fully saturated rings. The summed E-state index contributed by atoms with van der Waals surface area (Å²) < 4.78 is 28.1. The van der Waals surface area contributed by atoms with Crippen molar-refractivity contribution in [3.8, 4) is 22.5 Å². The molecule has 2 N–H and O–H groups in total. The van der Waals surface area contributed by atoms with Gasteiger partial charge in [0.1, 0.15) is 17.9 Å². The Morgan fingerprint density at radius 2 is 1.88 bits per heavy atom. The van der Waals surface area contributed by atoms with Crippen molar-refractivity contribution < 1.29 is 13.2 Å². The molecular weight excluding hydrogens is 446 g/mol. The summed E-state index contributed by atoms with van der Waals surface area (Å²) in [7, 11) is -4.00. The summed E-state index contributed by atoms with van der Waals surface area (Å²) >= 11 is 1.47. The molecule has 32 heavy (non-hydrogen) atoms. The van der Waals surface area contributed by atoms with Gasteiger partial charge in [0, 0.05) is 16.0 Å². The maximum Gasteiger partial charge on any atom is 0.265 e. The van der Waals surface area contributed by atoms with Crippen molar-refractivity contribution in [2.75, 3.05) is 10.8 Å². The van der Waals surface area contributed by atoms with Crippen molar-refractivity contribution in [3.63, 3.8) is 0 Å². The van der Waals surface area contributed by atoms with Gasteiger partial charge in [0.15, 0.2) is 0 Å². The Bertz CT molecular complexity index is 1400. The number of sulfonamides is 1. The Balaban J connectivity index is 1.55. The molecule has 2 aromatic heterocycles. The Kier molecular flexibility index (Phi) is 5.08. The van der Waals surface area contributed by atoms with Crippen LogP contribution in [0.2, 0.25) is 0 Å². The number of carbonyl (C=O) groups is 1. The first-order valence-corrected chi connectivity index (χ1v) is 12.0. The number of anilines is 1. The molecule has 1 aliphatic heterocycles. The van der Waals surface area contributed by atoms with E-state index in [9.17, 15) is 13.2 Å². The van der Waals surface area contributed by atoms with Crippen LogP contribution in [-0.4, -0.2) is 37.3 Å². The summed E-state index contributed by atoms with van der Waals surface area (Å²) in [5, 5.41) is 13.2. The topological polar surface area (TPSA) is 108 Å². The van der Waals surface area contributed by atoms with Crippen molar-refractivity contribution in [2.24, 2.45) is 5.10 Å². The molecule has 0 bridgehead atoms. The first kappa shape index (κ1) is 20.2. The molecule has 1 aliphatic rings. The van der Waals surface area contributed by atoms with Crippen molar-refractivity contribution in [1.29, 1.82) is 0 Å². The van der Waals surface area contributed by atoms with Gasteiger partial charge in [-0.05, 0) is 17.5 Å². The Hall–Kier alpha value is -3.76. The van der Waals surface area contributed by atoms with Gasteiger partial charge in [-0.25, -0.2) is 13.8 Å². The normalized spacial score (nSPS) is 14.2. The lowest BCUT2D eigenvalue weighted by Gasteiger charge is -2.29. The summed E-state index contributed by atoms with van der Waals surface area (Å²) in [6, 6.07) is 19.6. The van der Waals surface area contributed by atoms with Gasteiger partial charge in [0.2, 0.25) is 0 Å². The fourth-order valence-electron chi connectivity index (χ4n) is 3.56. The predicted molar refractivity (Wildman–Crippen MR) is 124 cm³/mol. The van der Waals surface area contributed by atoms with Crippen LogP contribution in [0.3, 0.4) is 0 Å². The molecule has 0 radical (unpaired) electrons. The monoisotopic (exact) mass is 463 g/mol. The first-order chi connectivity index (χ1) is 15.6. The Morgan fingerprint density at radius 1 is 1.09 bits per heavy atom. The number of hydrogen-bond donors (Lipinski definition) is 2. The maximum absolute atomic E-state index is 13.5. The molecule has 5 rings (SSSR count). The smallest absolute Gasteiger partial charge is 0.265 e. The van der Waals surface area contributed by atoms with Crippen LogP contribution in [0.15, 0.2) is 82.1 Å². The number of nitrogens with zero attached hydrogens (tertiary/aromatic N) is 3. The average molecular weight is 464 g/mol. The van der Waals surface area contributed by atoms with Crippen LogP contribution in [0.5, 0.6) is 0 Å². The molecule has 2 aromatic carbocycles. The average Bonchev–Trinajstić information content (AvgIpc) is 3.48. The van der Waals surface area contributed by atoms with Gasteiger partial charge in [0.25, 0.3) is 15.9 Å². The van der Waals surface area contributed by atoms with Crippen molar-refractivity contribution in [1.82, 2.24) is 15.6 Å². The zero-order chi connectivity index (χ0) is 22.1. The number of nitrogens with one attached hydrogen (secondary N) is 2. The summed E-state index contributed by atoms with van der Waals surface area (Å²) in [6.07, 6.45) is 1.52. The number of carbonyl (C=O) groups excluding carboxylic acids is 1. The van der Waals surface area contributed by atoms with Gasteiger partial charge < -0.3 is 0 Å². The SMILES string of the molecule is O=C(CN1c2c(-c3ccccc3)n[nH]c2-c2ccccc2S1(=O)=O)NN=Cc1cccs1. The van der Waals surface area contributed by atoms with E-state index in [-0.39, 0.29) is 4.90 Å². The molecule has 10 heteroatoms. The lowest BCUT2D eigenvalue weighted by atomic mass is 10.1. The molecule has 4 aromatic rings. The number of H-pyrrole nitrogens is 1. The van der Waals surface area contributed by atoms with Gasteiger partial charge in [-0.1, -0.05) is 54.6 Å². The van der Waals surface area contributed by atoms with E-state index >= 15 is 0 Å². The third kappa shape index (κ3) is 3.49. The number of aromatic nitrogens is 2. The molecule has 8 nitrogen and oxygen atoms in total. The quantitative estimate of drug-likeness (QED) is 0.349. The van der Waals surface area contributed by atoms with E-state index in [0.29, 0.717) is 22.6 Å². The molecule has 0 saturated carbocycles. The number of aromatic amines is 1.